The second kappa shape index (κ2) is 8.02. The molecule has 142 valence electrons. The number of nitrogens with zero attached hydrogens (tertiary/aromatic N) is 4. The van der Waals surface area contributed by atoms with Gasteiger partial charge in [0.15, 0.2) is 5.82 Å². The molecule has 1 amide bonds. The van der Waals surface area contributed by atoms with E-state index in [9.17, 15) is 4.79 Å². The van der Waals surface area contributed by atoms with Crippen LogP contribution in [0.5, 0.6) is 0 Å². The summed E-state index contributed by atoms with van der Waals surface area (Å²) < 4.78 is 5.31. The Morgan fingerprint density at radius 3 is 2.70 bits per heavy atom. The third kappa shape index (κ3) is 4.26. The fourth-order valence-electron chi connectivity index (χ4n) is 3.42. The van der Waals surface area contributed by atoms with Crippen molar-refractivity contribution < 1.29 is 9.53 Å². The van der Waals surface area contributed by atoms with Gasteiger partial charge in [-0.2, -0.15) is 0 Å². The van der Waals surface area contributed by atoms with Gasteiger partial charge < -0.3 is 19.9 Å². The Morgan fingerprint density at radius 1 is 1.15 bits per heavy atom. The normalized spacial score (nSPS) is 20.6. The number of nitrogens with one attached hydrogen (secondary N) is 1. The number of hydrogen-bond acceptors (Lipinski definition) is 6. The van der Waals surface area contributed by atoms with Gasteiger partial charge in [0, 0.05) is 43.9 Å². The molecule has 2 saturated heterocycles. The van der Waals surface area contributed by atoms with Gasteiger partial charge in [0.05, 0.1) is 18.3 Å². The van der Waals surface area contributed by atoms with Gasteiger partial charge in [0.25, 0.3) is 5.91 Å². The summed E-state index contributed by atoms with van der Waals surface area (Å²) >= 11 is 0. The summed E-state index contributed by atoms with van der Waals surface area (Å²) in [6, 6.07) is 11.6. The number of rotatable bonds is 4. The number of likely N-dealkylation sites (N-methyl/N-ethyl adjacent to an activating group) is 1. The highest BCUT2D eigenvalue weighted by atomic mass is 16.5. The van der Waals surface area contributed by atoms with Crippen molar-refractivity contribution in [1.82, 2.24) is 20.4 Å². The van der Waals surface area contributed by atoms with E-state index in [0.717, 1.165) is 49.7 Å². The zero-order valence-corrected chi connectivity index (χ0v) is 15.6. The molecule has 1 atom stereocenters. The summed E-state index contributed by atoms with van der Waals surface area (Å²) in [6.07, 6.45) is 0.866. The summed E-state index contributed by atoms with van der Waals surface area (Å²) in [5, 5.41) is 11.8. The molecule has 1 N–H and O–H groups in total. The molecule has 0 spiro atoms. The Morgan fingerprint density at radius 2 is 2.00 bits per heavy atom. The Labute approximate surface area is 159 Å². The molecular formula is C20H25N5O2. The summed E-state index contributed by atoms with van der Waals surface area (Å²) in [6.45, 7) is 5.29. The van der Waals surface area contributed by atoms with E-state index < -0.39 is 0 Å². The van der Waals surface area contributed by atoms with E-state index in [-0.39, 0.29) is 11.9 Å². The third-order valence-electron chi connectivity index (χ3n) is 5.16. The van der Waals surface area contributed by atoms with E-state index in [1.54, 1.807) is 0 Å². The van der Waals surface area contributed by atoms with Crippen molar-refractivity contribution in [2.24, 2.45) is 0 Å². The highest BCUT2D eigenvalue weighted by molar-refractivity contribution is 5.95. The molecule has 7 heteroatoms. The van der Waals surface area contributed by atoms with Crippen LogP contribution in [0.15, 0.2) is 36.4 Å². The van der Waals surface area contributed by atoms with Gasteiger partial charge >= 0.3 is 0 Å². The molecule has 0 saturated carbocycles. The molecule has 1 aromatic carbocycles. The Kier molecular flexibility index (Phi) is 5.31. The first-order chi connectivity index (χ1) is 13.2. The fraction of sp³-hybridized carbons (Fsp3) is 0.450. The number of carbonyl (C=O) groups excluding carboxylic acids is 1. The molecule has 0 radical (unpaired) electrons. The molecule has 2 aliphatic heterocycles. The number of amides is 1. The minimum absolute atomic E-state index is 0.0747. The smallest absolute Gasteiger partial charge is 0.251 e. The molecule has 3 heterocycles. The van der Waals surface area contributed by atoms with Crippen LogP contribution in [-0.4, -0.2) is 73.5 Å². The van der Waals surface area contributed by atoms with Gasteiger partial charge in [-0.3, -0.25) is 4.79 Å². The maximum absolute atomic E-state index is 12.5. The molecular weight excluding hydrogens is 342 g/mol. The van der Waals surface area contributed by atoms with E-state index in [1.165, 1.54) is 0 Å². The van der Waals surface area contributed by atoms with E-state index in [1.807, 2.05) is 36.4 Å². The molecule has 2 aliphatic rings. The number of aromatic nitrogens is 2. The molecule has 2 aromatic rings. The first kappa shape index (κ1) is 17.9. The van der Waals surface area contributed by atoms with Gasteiger partial charge in [-0.05, 0) is 37.7 Å². The quantitative estimate of drug-likeness (QED) is 0.881. The second-order valence-corrected chi connectivity index (χ2v) is 7.18. The van der Waals surface area contributed by atoms with Crippen molar-refractivity contribution in [3.8, 4) is 11.3 Å². The van der Waals surface area contributed by atoms with Gasteiger partial charge in [-0.15, -0.1) is 10.2 Å². The largest absolute Gasteiger partial charge is 0.379 e. The van der Waals surface area contributed by atoms with Crippen LogP contribution >= 0.6 is 0 Å². The molecule has 27 heavy (non-hydrogen) atoms. The van der Waals surface area contributed by atoms with Crippen molar-refractivity contribution in [3.05, 3.63) is 42.0 Å². The zero-order valence-electron chi connectivity index (χ0n) is 15.6. The summed E-state index contributed by atoms with van der Waals surface area (Å²) in [4.78, 5) is 17.0. The second-order valence-electron chi connectivity index (χ2n) is 7.18. The lowest BCUT2D eigenvalue weighted by atomic mass is 10.1. The molecule has 0 aliphatic carbocycles. The average molecular weight is 367 g/mol. The number of piperazine rings is 1. The highest BCUT2D eigenvalue weighted by Gasteiger charge is 2.19. The predicted molar refractivity (Wildman–Crippen MR) is 104 cm³/mol. The molecule has 1 unspecified atom stereocenters. The monoisotopic (exact) mass is 367 g/mol. The lowest BCUT2D eigenvalue weighted by Crippen LogP contribution is -2.44. The highest BCUT2D eigenvalue weighted by Crippen LogP contribution is 2.20. The van der Waals surface area contributed by atoms with Crippen LogP contribution in [0.3, 0.4) is 0 Å². The van der Waals surface area contributed by atoms with Crippen molar-refractivity contribution >= 4 is 11.7 Å². The zero-order chi connectivity index (χ0) is 18.6. The van der Waals surface area contributed by atoms with E-state index in [4.69, 9.17) is 4.74 Å². The SMILES string of the molecule is CN1CCN(c2ccc(-c3cccc(C(=O)NC4CCOC4)c3)nn2)CC1. The van der Waals surface area contributed by atoms with Crippen LogP contribution in [0.4, 0.5) is 5.82 Å². The van der Waals surface area contributed by atoms with Crippen molar-refractivity contribution in [1.29, 1.82) is 0 Å². The maximum atomic E-state index is 12.5. The standard InChI is InChI=1S/C20H25N5O2/c1-24-8-10-25(11-9-24)19-6-5-18(22-23-19)15-3-2-4-16(13-15)20(26)21-17-7-12-27-14-17/h2-6,13,17H,7-12,14H2,1H3,(H,21,26). The first-order valence-corrected chi connectivity index (χ1v) is 9.45. The van der Waals surface area contributed by atoms with Crippen LogP contribution in [0.1, 0.15) is 16.8 Å². The van der Waals surface area contributed by atoms with Crippen LogP contribution in [0.2, 0.25) is 0 Å². The summed E-state index contributed by atoms with van der Waals surface area (Å²) in [7, 11) is 2.13. The van der Waals surface area contributed by atoms with Crippen LogP contribution in [-0.2, 0) is 4.74 Å². The van der Waals surface area contributed by atoms with Crippen molar-refractivity contribution in [2.75, 3.05) is 51.3 Å². The average Bonchev–Trinajstić information content (AvgIpc) is 3.22. The van der Waals surface area contributed by atoms with Crippen molar-refractivity contribution in [3.63, 3.8) is 0 Å². The molecule has 0 bridgehead atoms. The Balaban J connectivity index is 1.46. The molecule has 4 rings (SSSR count). The lowest BCUT2D eigenvalue weighted by Gasteiger charge is -2.32. The van der Waals surface area contributed by atoms with E-state index >= 15 is 0 Å². The van der Waals surface area contributed by atoms with Gasteiger partial charge in [-0.25, -0.2) is 0 Å². The molecule has 1 aromatic heterocycles. The number of carbonyl (C=O) groups is 1. The minimum atomic E-state index is -0.0747. The lowest BCUT2D eigenvalue weighted by molar-refractivity contribution is 0.0930. The summed E-state index contributed by atoms with van der Waals surface area (Å²) in [5.41, 5.74) is 2.29. The number of hydrogen-bond donors (Lipinski definition) is 1. The van der Waals surface area contributed by atoms with Crippen LogP contribution < -0.4 is 10.2 Å². The number of ether oxygens (including phenoxy) is 1. The fourth-order valence-corrected chi connectivity index (χ4v) is 3.42. The van der Waals surface area contributed by atoms with Crippen LogP contribution in [0.25, 0.3) is 11.3 Å². The Hall–Kier alpha value is -2.51. The van der Waals surface area contributed by atoms with Crippen LogP contribution in [0, 0.1) is 0 Å². The van der Waals surface area contributed by atoms with Crippen molar-refractivity contribution in [2.45, 2.75) is 12.5 Å². The maximum Gasteiger partial charge on any atom is 0.251 e. The first-order valence-electron chi connectivity index (χ1n) is 9.45. The minimum Gasteiger partial charge on any atom is -0.379 e. The predicted octanol–water partition coefficient (Wildman–Crippen LogP) is 1.41. The molecule has 2 fully saturated rings. The topological polar surface area (TPSA) is 70.6 Å². The molecule has 7 nitrogen and oxygen atoms in total. The third-order valence-corrected chi connectivity index (χ3v) is 5.16. The van der Waals surface area contributed by atoms with E-state index in [2.05, 4.69) is 32.4 Å². The van der Waals surface area contributed by atoms with E-state index in [0.29, 0.717) is 18.8 Å². The summed E-state index contributed by atoms with van der Waals surface area (Å²) in [5.74, 6) is 0.830. The Bertz CT molecular complexity index is 781. The number of anilines is 1. The number of benzene rings is 1. The van der Waals surface area contributed by atoms with Gasteiger partial charge in [-0.1, -0.05) is 12.1 Å². The van der Waals surface area contributed by atoms with Gasteiger partial charge in [0.2, 0.25) is 0 Å². The van der Waals surface area contributed by atoms with Gasteiger partial charge in [0.1, 0.15) is 0 Å².